The van der Waals surface area contributed by atoms with Gasteiger partial charge in [-0.3, -0.25) is 9.59 Å². The quantitative estimate of drug-likeness (QED) is 0.0290. The fraction of sp³-hybridized carbons (Fsp3) is 0.582. The van der Waals surface area contributed by atoms with Crippen molar-refractivity contribution in [1.29, 1.82) is 0 Å². The molecule has 0 unspecified atom stereocenters. The van der Waals surface area contributed by atoms with Gasteiger partial charge in [-0.2, -0.15) is 0 Å². The van der Waals surface area contributed by atoms with Gasteiger partial charge >= 0.3 is 5.97 Å². The third kappa shape index (κ3) is 10.8. The van der Waals surface area contributed by atoms with Crippen LogP contribution in [0.5, 0.6) is 28.7 Å². The number of aromatic nitrogens is 1. The Hall–Kier alpha value is -4.83. The number of methoxy groups -OCH3 is 3. The first-order chi connectivity index (χ1) is 34.7. The molecular weight excluding hydrogens is 988 g/mol. The van der Waals surface area contributed by atoms with E-state index in [0.717, 1.165) is 18.1 Å². The number of esters is 1. The van der Waals surface area contributed by atoms with Crippen LogP contribution in [0.15, 0.2) is 42.0 Å². The molecule has 1 fully saturated rings. The van der Waals surface area contributed by atoms with Crippen LogP contribution in [0.3, 0.4) is 0 Å². The Kier molecular flexibility index (Phi) is 17.3. The number of pyridine rings is 1. The summed E-state index contributed by atoms with van der Waals surface area (Å²) >= 11 is 7.06. The van der Waals surface area contributed by atoms with Gasteiger partial charge in [0.25, 0.3) is 5.91 Å². The first kappa shape index (κ1) is 55.9. The minimum Gasteiger partial charge on any atom is -0.492 e. The summed E-state index contributed by atoms with van der Waals surface area (Å²) in [7, 11) is -0.668. The minimum absolute atomic E-state index is 0.0272. The number of halogens is 1. The van der Waals surface area contributed by atoms with Crippen molar-refractivity contribution in [3.8, 4) is 52.4 Å². The second kappa shape index (κ2) is 22.6. The molecule has 7 atom stereocenters. The van der Waals surface area contributed by atoms with Gasteiger partial charge in [-0.1, -0.05) is 97.6 Å². The van der Waals surface area contributed by atoms with Crippen molar-refractivity contribution in [1.82, 2.24) is 10.3 Å². The van der Waals surface area contributed by atoms with Crippen LogP contribution in [0.2, 0.25) is 39.9 Å². The van der Waals surface area contributed by atoms with Crippen LogP contribution in [-0.4, -0.2) is 115 Å². The van der Waals surface area contributed by atoms with Crippen LogP contribution in [0.4, 0.5) is 0 Å². The number of aliphatic hydroxyl groups is 1. The van der Waals surface area contributed by atoms with E-state index < -0.39 is 76.6 Å². The highest BCUT2D eigenvalue weighted by atomic mass is 35.5. The van der Waals surface area contributed by atoms with Crippen LogP contribution in [0, 0.1) is 23.7 Å². The molecule has 5 aliphatic rings. The Morgan fingerprint density at radius 3 is 2.22 bits per heavy atom. The van der Waals surface area contributed by atoms with E-state index in [1.807, 2.05) is 19.9 Å². The smallest absolute Gasteiger partial charge is 0.308 e. The second-order valence-electron chi connectivity index (χ2n) is 20.5. The third-order valence-electron chi connectivity index (χ3n) is 15.0. The van der Waals surface area contributed by atoms with E-state index in [1.54, 1.807) is 30.3 Å². The standard InChI is InChI=1S/C55H73ClN2O13Si2/c1-15-72(16-2,17-3)71-51-45-27-37-22-24-54(61,23-18-19-46-55(37,51)69-46)47(70-73(33(6)7,34(8)9)35(10)11)30-65-48(59)29-41(40-20-21-42(68-45)52(56)57-40)58-53(60)39-28-38-36(25-43(39)66-31-62-12)26-44(67-32(4)5)50(64-14)49(38)63-13/h20-21,25-28,32-35,41,45-47,51,61H,15-17,23,29-31H2,1-14H3,(H,58,60)/t41-,45+,46+,47-,51-,54-,55-/m1/s1. The molecule has 3 aromatic rings. The molecule has 1 saturated heterocycles. The van der Waals surface area contributed by atoms with Crippen molar-refractivity contribution in [3.05, 3.63) is 58.4 Å². The number of fused-ring (bicyclic) bond motifs is 8. The molecule has 1 spiro atoms. The van der Waals surface area contributed by atoms with Gasteiger partial charge in [0.1, 0.15) is 30.7 Å². The van der Waals surface area contributed by atoms with Gasteiger partial charge in [-0.05, 0) is 90.4 Å². The number of hydrogen-bond acceptors (Lipinski definition) is 14. The normalized spacial score (nSPS) is 24.6. The van der Waals surface area contributed by atoms with Crippen LogP contribution in [0.25, 0.3) is 10.8 Å². The molecule has 15 nitrogen and oxygen atoms in total. The van der Waals surface area contributed by atoms with Crippen molar-refractivity contribution >= 4 is 50.9 Å². The summed E-state index contributed by atoms with van der Waals surface area (Å²) in [6.45, 7) is 22.6. The highest BCUT2D eigenvalue weighted by molar-refractivity contribution is 6.77. The first-order valence-corrected chi connectivity index (χ1v) is 30.5. The summed E-state index contributed by atoms with van der Waals surface area (Å²) in [5.41, 5.74) is -1.78. The monoisotopic (exact) mass is 1060 g/mol. The Morgan fingerprint density at radius 2 is 1.62 bits per heavy atom. The average Bonchev–Trinajstić information content (AvgIpc) is 3.98. The van der Waals surface area contributed by atoms with E-state index in [0.29, 0.717) is 33.6 Å². The maximum atomic E-state index is 14.9. The van der Waals surface area contributed by atoms with Crippen molar-refractivity contribution < 1.29 is 61.4 Å². The zero-order chi connectivity index (χ0) is 53.2. The number of nitrogens with one attached hydrogen (secondary N) is 1. The number of carbonyl (C=O) groups excluding carboxylic acids is 2. The lowest BCUT2D eigenvalue weighted by Gasteiger charge is -2.46. The molecule has 1 aromatic heterocycles. The van der Waals surface area contributed by atoms with Crippen molar-refractivity contribution in [2.24, 2.45) is 0 Å². The average molecular weight is 1060 g/mol. The van der Waals surface area contributed by atoms with Crippen molar-refractivity contribution in [2.75, 3.05) is 34.7 Å². The summed E-state index contributed by atoms with van der Waals surface area (Å²) in [6, 6.07) is 9.84. The molecule has 1 amide bonds. The van der Waals surface area contributed by atoms with E-state index in [9.17, 15) is 14.7 Å². The van der Waals surface area contributed by atoms with Crippen LogP contribution >= 0.6 is 11.6 Å². The molecule has 2 aromatic carbocycles. The fourth-order valence-electron chi connectivity index (χ4n) is 11.0. The number of hydrogen-bond donors (Lipinski definition) is 2. The molecular formula is C55H73ClN2O13Si2. The predicted octanol–water partition coefficient (Wildman–Crippen LogP) is 10.0. The van der Waals surface area contributed by atoms with Gasteiger partial charge in [0.2, 0.25) is 14.1 Å². The van der Waals surface area contributed by atoms with E-state index in [2.05, 4.69) is 91.3 Å². The van der Waals surface area contributed by atoms with Crippen LogP contribution in [0.1, 0.15) is 111 Å². The van der Waals surface area contributed by atoms with Gasteiger partial charge < -0.3 is 57.2 Å². The van der Waals surface area contributed by atoms with Gasteiger partial charge in [-0.15, -0.1) is 0 Å². The molecule has 396 valence electrons. The summed E-state index contributed by atoms with van der Waals surface area (Å²) in [5, 5.41) is 17.1. The van der Waals surface area contributed by atoms with Crippen molar-refractivity contribution in [2.45, 2.75) is 172 Å². The Morgan fingerprint density at radius 1 is 0.945 bits per heavy atom. The Labute approximate surface area is 437 Å². The van der Waals surface area contributed by atoms with Gasteiger partial charge in [-0.25, -0.2) is 4.98 Å². The number of benzene rings is 2. The van der Waals surface area contributed by atoms with Gasteiger partial charge in [0.05, 0.1) is 50.5 Å². The zero-order valence-corrected chi connectivity index (χ0v) is 47.5. The van der Waals surface area contributed by atoms with Gasteiger partial charge in [0, 0.05) is 18.1 Å². The lowest BCUT2D eigenvalue weighted by molar-refractivity contribution is -0.150. The Balaban J connectivity index is 1.36. The van der Waals surface area contributed by atoms with E-state index in [1.165, 1.54) is 21.3 Å². The summed E-state index contributed by atoms with van der Waals surface area (Å²) in [6.07, 6.45) is -1.95. The van der Waals surface area contributed by atoms with E-state index in [4.69, 9.17) is 63.3 Å². The number of carbonyl (C=O) groups is 2. The zero-order valence-electron chi connectivity index (χ0n) is 44.8. The maximum absolute atomic E-state index is 14.9. The largest absolute Gasteiger partial charge is 0.492 e. The molecule has 8 rings (SSSR count). The highest BCUT2D eigenvalue weighted by Gasteiger charge is 2.70. The topological polar surface area (TPSA) is 175 Å². The molecule has 2 N–H and O–H groups in total. The number of ether oxygens (including phenoxy) is 8. The Bertz CT molecular complexity index is 2680. The molecule has 0 radical (unpaired) electrons. The molecule has 3 aliphatic heterocycles. The predicted molar refractivity (Wildman–Crippen MR) is 284 cm³/mol. The number of rotatable bonds is 19. The van der Waals surface area contributed by atoms with E-state index in [-0.39, 0.29) is 70.5 Å². The lowest BCUT2D eigenvalue weighted by atomic mass is 9.92. The van der Waals surface area contributed by atoms with Gasteiger partial charge in [0.15, 0.2) is 54.8 Å². The third-order valence-corrected chi connectivity index (χ3v) is 26.0. The van der Waals surface area contributed by atoms with Crippen LogP contribution < -0.4 is 29.0 Å². The molecule has 5 bridgehead atoms. The molecule has 0 saturated carbocycles. The maximum Gasteiger partial charge on any atom is 0.308 e. The lowest BCUT2D eigenvalue weighted by Crippen LogP contribution is -2.57. The molecule has 73 heavy (non-hydrogen) atoms. The number of amides is 1. The SMILES string of the molecule is CC[Si](CC)(CC)O[C@@H]1[C@@H]2C=C3C#C[C@](O)(CC#C[C@@H]4O[C@]341)[C@H](O[Si](C(C)C)(C(C)C)C(C)C)COC(=O)C[C@@H](NC(=O)c1cc3c(OC)c(OC)c(OC(C)C)cc3cc1OCOC)c1ccc(c(Cl)n1)O2. The molecule has 18 heteroatoms. The summed E-state index contributed by atoms with van der Waals surface area (Å²) in [5.74, 6) is 13.2. The molecule has 2 aliphatic carbocycles. The first-order valence-electron chi connectivity index (χ1n) is 25.5. The molecule has 4 heterocycles. The number of nitrogens with zero attached hydrogens (tertiary/aromatic N) is 1. The number of epoxide rings is 1. The fourth-order valence-corrected chi connectivity index (χ4v) is 19.6. The highest BCUT2D eigenvalue weighted by Crippen LogP contribution is 2.55. The van der Waals surface area contributed by atoms with E-state index >= 15 is 0 Å². The van der Waals surface area contributed by atoms with Crippen LogP contribution in [-0.2, 0) is 27.9 Å². The summed E-state index contributed by atoms with van der Waals surface area (Å²) in [4.78, 5) is 34.1. The summed E-state index contributed by atoms with van der Waals surface area (Å²) < 4.78 is 63.2. The van der Waals surface area contributed by atoms with Crippen molar-refractivity contribution in [3.63, 3.8) is 0 Å². The minimum atomic E-state index is -2.80. The second-order valence-corrected chi connectivity index (χ2v) is 31.0.